The lowest BCUT2D eigenvalue weighted by atomic mass is 10.1. The van der Waals surface area contributed by atoms with Crippen molar-refractivity contribution in [1.82, 2.24) is 5.43 Å². The van der Waals surface area contributed by atoms with E-state index in [0.717, 1.165) is 28.4 Å². The third-order valence-electron chi connectivity index (χ3n) is 3.79. The minimum Gasteiger partial charge on any atom is -0.493 e. The second kappa shape index (κ2) is 11.9. The van der Waals surface area contributed by atoms with E-state index < -0.39 is 0 Å². The second-order valence-electron chi connectivity index (χ2n) is 6.09. The van der Waals surface area contributed by atoms with Crippen LogP contribution in [0.25, 0.3) is 0 Å². The molecule has 0 heterocycles. The molecule has 0 radical (unpaired) electrons. The first-order chi connectivity index (χ1) is 14.1. The fourth-order valence-corrected chi connectivity index (χ4v) is 2.82. The summed E-state index contributed by atoms with van der Waals surface area (Å²) in [5, 5.41) is 4.00. The van der Waals surface area contributed by atoms with Crippen LogP contribution >= 0.6 is 15.9 Å². The highest BCUT2D eigenvalue weighted by atomic mass is 79.9. The fraction of sp³-hybridized carbons (Fsp3) is 0.273. The van der Waals surface area contributed by atoms with Crippen LogP contribution in [0.5, 0.6) is 17.2 Å². The van der Waals surface area contributed by atoms with E-state index in [4.69, 9.17) is 14.2 Å². The number of nitrogens with one attached hydrogen (secondary N) is 1. The molecule has 2 rings (SSSR count). The highest BCUT2D eigenvalue weighted by Gasteiger charge is 2.08. The van der Waals surface area contributed by atoms with Crippen LogP contribution in [0.15, 0.2) is 58.6 Å². The zero-order chi connectivity index (χ0) is 21.1. The molecule has 0 spiro atoms. The number of amides is 1. The van der Waals surface area contributed by atoms with E-state index in [2.05, 4.69) is 33.0 Å². The lowest BCUT2D eigenvalue weighted by molar-refractivity contribution is -0.123. The first-order valence-corrected chi connectivity index (χ1v) is 10.0. The number of carbonyl (C=O) groups excluding carboxylic acids is 1. The van der Waals surface area contributed by atoms with Crippen LogP contribution in [0.3, 0.4) is 0 Å². The number of rotatable bonds is 11. The maximum absolute atomic E-state index is 12.1. The number of halogens is 1. The molecule has 0 atom stereocenters. The first-order valence-electron chi connectivity index (χ1n) is 9.22. The van der Waals surface area contributed by atoms with Crippen molar-refractivity contribution in [2.24, 2.45) is 5.10 Å². The Morgan fingerprint density at radius 1 is 1.17 bits per heavy atom. The molecule has 0 aromatic heterocycles. The SMILES string of the molecule is C=CCc1ccc(OCC(=O)N/N=C/c2cc(Br)ccc2OCCC)c(OC)c1. The molecule has 1 amide bonds. The van der Waals surface area contributed by atoms with Gasteiger partial charge < -0.3 is 14.2 Å². The van der Waals surface area contributed by atoms with Crippen molar-refractivity contribution in [3.63, 3.8) is 0 Å². The Hall–Kier alpha value is -2.80. The standard InChI is InChI=1S/C22H25BrN2O4/c1-4-6-16-7-9-20(21(12-16)27-3)29-15-22(26)25-24-14-17-13-18(23)8-10-19(17)28-11-5-2/h4,7-10,12-14H,1,5-6,11,15H2,2-3H3,(H,25,26)/b24-14+. The van der Waals surface area contributed by atoms with Crippen LogP contribution in [-0.2, 0) is 11.2 Å². The Kier molecular flexibility index (Phi) is 9.24. The van der Waals surface area contributed by atoms with Crippen molar-refractivity contribution in [2.75, 3.05) is 20.3 Å². The summed E-state index contributed by atoms with van der Waals surface area (Å²) in [7, 11) is 1.56. The van der Waals surface area contributed by atoms with Gasteiger partial charge in [-0.05, 0) is 48.7 Å². The van der Waals surface area contributed by atoms with Crippen molar-refractivity contribution >= 4 is 28.1 Å². The highest BCUT2D eigenvalue weighted by Crippen LogP contribution is 2.28. The van der Waals surface area contributed by atoms with E-state index in [9.17, 15) is 4.79 Å². The van der Waals surface area contributed by atoms with Gasteiger partial charge in [0.2, 0.25) is 0 Å². The summed E-state index contributed by atoms with van der Waals surface area (Å²) in [6.07, 6.45) is 4.98. The maximum Gasteiger partial charge on any atom is 0.277 e. The summed E-state index contributed by atoms with van der Waals surface area (Å²) >= 11 is 3.42. The van der Waals surface area contributed by atoms with Gasteiger partial charge in [-0.3, -0.25) is 4.79 Å². The molecule has 7 heteroatoms. The van der Waals surface area contributed by atoms with Gasteiger partial charge in [0.05, 0.1) is 19.9 Å². The van der Waals surface area contributed by atoms with Crippen LogP contribution in [0.2, 0.25) is 0 Å². The molecular formula is C22H25BrN2O4. The number of nitrogens with zero attached hydrogens (tertiary/aromatic N) is 1. The average molecular weight is 461 g/mol. The average Bonchev–Trinajstić information content (AvgIpc) is 2.72. The van der Waals surface area contributed by atoms with Gasteiger partial charge in [0.1, 0.15) is 5.75 Å². The predicted octanol–water partition coefficient (Wildman–Crippen LogP) is 4.50. The smallest absolute Gasteiger partial charge is 0.277 e. The largest absolute Gasteiger partial charge is 0.493 e. The number of allylic oxidation sites excluding steroid dienone is 1. The maximum atomic E-state index is 12.1. The zero-order valence-corrected chi connectivity index (χ0v) is 18.2. The molecule has 1 N–H and O–H groups in total. The van der Waals surface area contributed by atoms with Crippen LogP contribution in [0, 0.1) is 0 Å². The Morgan fingerprint density at radius 2 is 1.97 bits per heavy atom. The topological polar surface area (TPSA) is 69.2 Å². The van der Waals surface area contributed by atoms with Gasteiger partial charge in [-0.15, -0.1) is 6.58 Å². The summed E-state index contributed by atoms with van der Waals surface area (Å²) in [4.78, 5) is 12.1. The number of hydrogen-bond acceptors (Lipinski definition) is 5. The summed E-state index contributed by atoms with van der Waals surface area (Å²) in [5.74, 6) is 1.37. The number of hydrazone groups is 1. The van der Waals surface area contributed by atoms with Crippen LogP contribution in [0.1, 0.15) is 24.5 Å². The Bertz CT molecular complexity index is 868. The third kappa shape index (κ3) is 7.27. The minimum atomic E-state index is -0.385. The molecule has 0 fully saturated rings. The van der Waals surface area contributed by atoms with Gasteiger partial charge in [0, 0.05) is 10.0 Å². The number of benzene rings is 2. The molecule has 0 aliphatic rings. The first kappa shape index (κ1) is 22.5. The van der Waals surface area contributed by atoms with Crippen LogP contribution < -0.4 is 19.6 Å². The van der Waals surface area contributed by atoms with Crippen molar-refractivity contribution in [2.45, 2.75) is 19.8 Å². The predicted molar refractivity (Wildman–Crippen MR) is 118 cm³/mol. The van der Waals surface area contributed by atoms with E-state index in [0.29, 0.717) is 23.9 Å². The second-order valence-corrected chi connectivity index (χ2v) is 7.01. The van der Waals surface area contributed by atoms with E-state index in [1.165, 1.54) is 6.21 Å². The monoisotopic (exact) mass is 460 g/mol. The van der Waals surface area contributed by atoms with Crippen molar-refractivity contribution in [3.8, 4) is 17.2 Å². The molecule has 2 aromatic rings. The van der Waals surface area contributed by atoms with Crippen molar-refractivity contribution in [3.05, 3.63) is 64.7 Å². The summed E-state index contributed by atoms with van der Waals surface area (Å²) < 4.78 is 17.5. The Morgan fingerprint density at radius 3 is 2.69 bits per heavy atom. The van der Waals surface area contributed by atoms with Gasteiger partial charge in [0.25, 0.3) is 5.91 Å². The summed E-state index contributed by atoms with van der Waals surface area (Å²) in [6, 6.07) is 11.1. The third-order valence-corrected chi connectivity index (χ3v) is 4.29. The van der Waals surface area contributed by atoms with E-state index >= 15 is 0 Å². The lowest BCUT2D eigenvalue weighted by Gasteiger charge is -2.11. The molecule has 2 aromatic carbocycles. The summed E-state index contributed by atoms with van der Waals surface area (Å²) in [5.41, 5.74) is 4.26. The van der Waals surface area contributed by atoms with Crippen LogP contribution in [-0.4, -0.2) is 32.4 Å². The molecule has 0 saturated heterocycles. The Balaban J connectivity index is 1.93. The normalized spacial score (nSPS) is 10.6. The molecule has 0 unspecified atom stereocenters. The fourth-order valence-electron chi connectivity index (χ4n) is 2.44. The van der Waals surface area contributed by atoms with E-state index in [1.54, 1.807) is 13.2 Å². The van der Waals surface area contributed by atoms with Crippen molar-refractivity contribution in [1.29, 1.82) is 0 Å². The van der Waals surface area contributed by atoms with Gasteiger partial charge in [-0.2, -0.15) is 5.10 Å². The van der Waals surface area contributed by atoms with E-state index in [1.807, 2.05) is 43.3 Å². The number of methoxy groups -OCH3 is 1. The summed E-state index contributed by atoms with van der Waals surface area (Å²) in [6.45, 7) is 6.18. The zero-order valence-electron chi connectivity index (χ0n) is 16.6. The lowest BCUT2D eigenvalue weighted by Crippen LogP contribution is -2.24. The highest BCUT2D eigenvalue weighted by molar-refractivity contribution is 9.10. The number of ether oxygens (including phenoxy) is 3. The molecule has 0 aliphatic carbocycles. The molecule has 0 bridgehead atoms. The Labute approximate surface area is 179 Å². The molecule has 6 nitrogen and oxygen atoms in total. The minimum absolute atomic E-state index is 0.188. The van der Waals surface area contributed by atoms with Gasteiger partial charge in [-0.1, -0.05) is 35.0 Å². The van der Waals surface area contributed by atoms with E-state index in [-0.39, 0.29) is 12.5 Å². The van der Waals surface area contributed by atoms with Gasteiger partial charge in [-0.25, -0.2) is 5.43 Å². The van der Waals surface area contributed by atoms with Crippen molar-refractivity contribution < 1.29 is 19.0 Å². The molecule has 0 aliphatic heterocycles. The molecular weight excluding hydrogens is 436 g/mol. The molecule has 154 valence electrons. The van der Waals surface area contributed by atoms with Gasteiger partial charge >= 0.3 is 0 Å². The van der Waals surface area contributed by atoms with Gasteiger partial charge in [0.15, 0.2) is 18.1 Å². The number of hydrogen-bond donors (Lipinski definition) is 1. The molecule has 29 heavy (non-hydrogen) atoms. The number of carbonyl (C=O) groups is 1. The quantitative estimate of drug-likeness (QED) is 0.304. The van der Waals surface area contributed by atoms with Crippen LogP contribution in [0.4, 0.5) is 0 Å². The molecule has 0 saturated carbocycles.